The highest BCUT2D eigenvalue weighted by Gasteiger charge is 2.23. The Morgan fingerprint density at radius 2 is 1.40 bits per heavy atom. The summed E-state index contributed by atoms with van der Waals surface area (Å²) >= 11 is 0. The normalized spacial score (nSPS) is 16.6. The van der Waals surface area contributed by atoms with Crippen LogP contribution in [0.2, 0.25) is 0 Å². The fraction of sp³-hybridized carbons (Fsp3) is 0.176. The molecular formula is C17H14O8. The fourth-order valence-electron chi connectivity index (χ4n) is 2.66. The van der Waals surface area contributed by atoms with Gasteiger partial charge in [0.2, 0.25) is 0 Å². The van der Waals surface area contributed by atoms with Gasteiger partial charge in [0.25, 0.3) is 0 Å². The van der Waals surface area contributed by atoms with Gasteiger partial charge >= 0.3 is 23.9 Å². The Balaban J connectivity index is 2.37. The van der Waals surface area contributed by atoms with E-state index in [4.69, 9.17) is 20.4 Å². The van der Waals surface area contributed by atoms with Crippen LogP contribution in [0.15, 0.2) is 41.5 Å². The van der Waals surface area contributed by atoms with Crippen molar-refractivity contribution in [2.75, 3.05) is 0 Å². The molecule has 8 nitrogen and oxygen atoms in total. The van der Waals surface area contributed by atoms with Crippen LogP contribution in [0.1, 0.15) is 32.7 Å². The van der Waals surface area contributed by atoms with Crippen molar-refractivity contribution < 1.29 is 39.6 Å². The van der Waals surface area contributed by atoms with Crippen molar-refractivity contribution in [3.63, 3.8) is 0 Å². The van der Waals surface area contributed by atoms with Crippen molar-refractivity contribution in [2.45, 2.75) is 12.8 Å². The van der Waals surface area contributed by atoms with Crippen LogP contribution >= 0.6 is 0 Å². The lowest BCUT2D eigenvalue weighted by molar-refractivity contribution is -0.133. The number of rotatable bonds is 6. The zero-order valence-corrected chi connectivity index (χ0v) is 12.8. The first-order chi connectivity index (χ1) is 11.7. The second kappa shape index (κ2) is 7.00. The van der Waals surface area contributed by atoms with Crippen LogP contribution in [-0.2, 0) is 16.0 Å². The Morgan fingerprint density at radius 3 is 1.84 bits per heavy atom. The predicted molar refractivity (Wildman–Crippen MR) is 83.6 cm³/mol. The number of carboxylic acids is 4. The van der Waals surface area contributed by atoms with Crippen LogP contribution in [0.4, 0.5) is 0 Å². The van der Waals surface area contributed by atoms with Crippen molar-refractivity contribution >= 4 is 23.9 Å². The second-order valence-corrected chi connectivity index (χ2v) is 5.60. The predicted octanol–water partition coefficient (Wildman–Crippen LogP) is 1.67. The first kappa shape index (κ1) is 17.9. The van der Waals surface area contributed by atoms with Crippen LogP contribution in [0.5, 0.6) is 0 Å². The van der Waals surface area contributed by atoms with Crippen molar-refractivity contribution in [1.29, 1.82) is 0 Å². The summed E-state index contributed by atoms with van der Waals surface area (Å²) in [6, 6.07) is 3.61. The number of carboxylic acid groups (broad SMARTS) is 4. The summed E-state index contributed by atoms with van der Waals surface area (Å²) in [4.78, 5) is 44.6. The first-order valence-corrected chi connectivity index (χ1v) is 7.17. The zero-order valence-electron chi connectivity index (χ0n) is 12.8. The molecule has 1 aliphatic carbocycles. The smallest absolute Gasteiger partial charge is 0.335 e. The Hall–Kier alpha value is -3.42. The van der Waals surface area contributed by atoms with E-state index in [1.807, 2.05) is 0 Å². The highest BCUT2D eigenvalue weighted by molar-refractivity contribution is 5.96. The van der Waals surface area contributed by atoms with Crippen molar-refractivity contribution in [3.05, 3.63) is 58.2 Å². The van der Waals surface area contributed by atoms with Crippen molar-refractivity contribution in [1.82, 2.24) is 0 Å². The average Bonchev–Trinajstić information content (AvgIpc) is 2.53. The number of aromatic carboxylic acids is 2. The van der Waals surface area contributed by atoms with E-state index in [0.717, 1.165) is 12.1 Å². The standard InChI is InChI=1S/C17H14O8/c18-14(19)10-2-8(3-11(6-10)15(20)21)1-9-4-12(16(22)23)7-13(5-9)17(24)25/h2-4,6-7,9H,1,5H2,(H,18,19)(H,20,21)(H,22,23)(H,24,25). The highest BCUT2D eigenvalue weighted by Crippen LogP contribution is 2.27. The number of carbonyl (C=O) groups is 4. The molecule has 1 aromatic rings. The molecule has 0 amide bonds. The van der Waals surface area contributed by atoms with Gasteiger partial charge in [-0.1, -0.05) is 6.08 Å². The lowest BCUT2D eigenvalue weighted by atomic mass is 9.85. The molecule has 0 heterocycles. The minimum absolute atomic E-state index is 0.0613. The Morgan fingerprint density at radius 1 is 0.840 bits per heavy atom. The molecule has 8 heteroatoms. The maximum Gasteiger partial charge on any atom is 0.335 e. The van der Waals surface area contributed by atoms with E-state index >= 15 is 0 Å². The van der Waals surface area contributed by atoms with E-state index in [9.17, 15) is 19.2 Å². The van der Waals surface area contributed by atoms with E-state index in [1.54, 1.807) is 0 Å². The summed E-state index contributed by atoms with van der Waals surface area (Å²) in [5, 5.41) is 36.4. The van der Waals surface area contributed by atoms with Gasteiger partial charge < -0.3 is 20.4 Å². The van der Waals surface area contributed by atoms with E-state index in [0.29, 0.717) is 5.56 Å². The van der Waals surface area contributed by atoms with Gasteiger partial charge in [0.05, 0.1) is 16.7 Å². The van der Waals surface area contributed by atoms with Gasteiger partial charge in [-0.25, -0.2) is 19.2 Å². The molecule has 0 saturated heterocycles. The molecule has 2 rings (SSSR count). The van der Waals surface area contributed by atoms with Crippen molar-refractivity contribution in [3.8, 4) is 0 Å². The SMILES string of the molecule is O=C(O)C1=CC(Cc2cc(C(=O)O)cc(C(=O)O)c2)CC(C(=O)O)=C1. The zero-order chi connectivity index (χ0) is 18.7. The average molecular weight is 346 g/mol. The molecule has 0 saturated carbocycles. The molecule has 0 spiro atoms. The van der Waals surface area contributed by atoms with Gasteiger partial charge in [0.1, 0.15) is 0 Å². The van der Waals surface area contributed by atoms with E-state index in [2.05, 4.69) is 0 Å². The van der Waals surface area contributed by atoms with E-state index < -0.39 is 29.8 Å². The van der Waals surface area contributed by atoms with Crippen LogP contribution in [0.3, 0.4) is 0 Å². The van der Waals surface area contributed by atoms with Crippen LogP contribution in [0, 0.1) is 5.92 Å². The van der Waals surface area contributed by atoms with E-state index in [-0.39, 0.29) is 35.1 Å². The van der Waals surface area contributed by atoms with Crippen LogP contribution < -0.4 is 0 Å². The Kier molecular flexibility index (Phi) is 5.02. The number of benzene rings is 1. The van der Waals surface area contributed by atoms with Gasteiger partial charge in [-0.05, 0) is 48.6 Å². The molecule has 0 aliphatic heterocycles. The second-order valence-electron chi connectivity index (χ2n) is 5.60. The van der Waals surface area contributed by atoms with E-state index in [1.165, 1.54) is 18.2 Å². The Bertz CT molecular complexity index is 799. The molecule has 1 aliphatic rings. The minimum Gasteiger partial charge on any atom is -0.478 e. The summed E-state index contributed by atoms with van der Waals surface area (Å²) in [7, 11) is 0. The highest BCUT2D eigenvalue weighted by atomic mass is 16.4. The molecule has 130 valence electrons. The van der Waals surface area contributed by atoms with Gasteiger partial charge in [-0.15, -0.1) is 0 Å². The molecule has 1 unspecified atom stereocenters. The minimum atomic E-state index is -1.29. The molecule has 0 bridgehead atoms. The quantitative estimate of drug-likeness (QED) is 0.607. The summed E-state index contributed by atoms with van der Waals surface area (Å²) in [5.74, 6) is -5.59. The molecule has 0 fully saturated rings. The lowest BCUT2D eigenvalue weighted by Crippen LogP contribution is -2.16. The maximum atomic E-state index is 11.2. The molecular weight excluding hydrogens is 332 g/mol. The number of aliphatic carboxylic acids is 2. The third kappa shape index (κ3) is 4.31. The molecule has 4 N–H and O–H groups in total. The van der Waals surface area contributed by atoms with Crippen molar-refractivity contribution in [2.24, 2.45) is 5.92 Å². The molecule has 0 aromatic heterocycles. The van der Waals surface area contributed by atoms with Gasteiger partial charge in [0.15, 0.2) is 0 Å². The summed E-state index contributed by atoms with van der Waals surface area (Å²) in [5.41, 5.74) is -0.279. The summed E-state index contributed by atoms with van der Waals surface area (Å²) in [6.45, 7) is 0. The number of allylic oxidation sites excluding steroid dienone is 1. The Labute approximate surface area is 141 Å². The van der Waals surface area contributed by atoms with Gasteiger partial charge in [-0.3, -0.25) is 0 Å². The summed E-state index contributed by atoms with van der Waals surface area (Å²) in [6.07, 6.45) is 2.65. The third-order valence-electron chi connectivity index (χ3n) is 3.73. The topological polar surface area (TPSA) is 149 Å². The molecule has 1 aromatic carbocycles. The van der Waals surface area contributed by atoms with Crippen LogP contribution in [0.25, 0.3) is 0 Å². The monoisotopic (exact) mass is 346 g/mol. The molecule has 0 radical (unpaired) electrons. The summed E-state index contributed by atoms with van der Waals surface area (Å²) < 4.78 is 0. The number of hydrogen-bond acceptors (Lipinski definition) is 4. The van der Waals surface area contributed by atoms with Crippen LogP contribution in [-0.4, -0.2) is 44.3 Å². The van der Waals surface area contributed by atoms with Gasteiger partial charge in [-0.2, -0.15) is 0 Å². The fourth-order valence-corrected chi connectivity index (χ4v) is 2.66. The maximum absolute atomic E-state index is 11.2. The largest absolute Gasteiger partial charge is 0.478 e. The molecule has 25 heavy (non-hydrogen) atoms. The lowest BCUT2D eigenvalue weighted by Gasteiger charge is -2.19. The first-order valence-electron chi connectivity index (χ1n) is 7.17. The van der Waals surface area contributed by atoms with Gasteiger partial charge in [0, 0.05) is 5.57 Å². The third-order valence-corrected chi connectivity index (χ3v) is 3.73. The molecule has 1 atom stereocenters. The number of hydrogen-bond donors (Lipinski definition) is 4.